The number of benzene rings is 1. The van der Waals surface area contributed by atoms with E-state index in [9.17, 15) is 0 Å². The van der Waals surface area contributed by atoms with Crippen molar-refractivity contribution in [2.45, 2.75) is 0 Å². The molecule has 2 aromatic rings. The van der Waals surface area contributed by atoms with E-state index in [4.69, 9.17) is 16.9 Å². The first-order chi connectivity index (χ1) is 8.19. The lowest BCUT2D eigenvalue weighted by Crippen LogP contribution is -1.93. The largest absolute Gasteiger partial charge is 0.353 e. The van der Waals surface area contributed by atoms with Gasteiger partial charge in [-0.3, -0.25) is 0 Å². The summed E-state index contributed by atoms with van der Waals surface area (Å²) in [7, 11) is 0. The molecule has 0 radical (unpaired) electrons. The Bertz CT molecular complexity index is 575. The summed E-state index contributed by atoms with van der Waals surface area (Å²) in [6, 6.07) is 10.9. The van der Waals surface area contributed by atoms with E-state index in [-0.39, 0.29) is 0 Å². The summed E-state index contributed by atoms with van der Waals surface area (Å²) in [6.45, 7) is 0. The molecule has 0 atom stereocenters. The van der Waals surface area contributed by atoms with Crippen LogP contribution in [0.2, 0.25) is 5.02 Å². The molecule has 17 heavy (non-hydrogen) atoms. The minimum absolute atomic E-state index is 0.385. The molecule has 0 spiro atoms. The number of anilines is 2. The smallest absolute Gasteiger partial charge is 0.140 e. The lowest BCUT2D eigenvalue weighted by atomic mass is 10.3. The van der Waals surface area contributed by atoms with Crippen molar-refractivity contribution in [3.63, 3.8) is 0 Å². The Kier molecular flexibility index (Phi) is 3.62. The first-order valence-corrected chi connectivity index (χ1v) is 5.94. The zero-order valence-corrected chi connectivity index (χ0v) is 11.0. The van der Waals surface area contributed by atoms with Crippen LogP contribution in [0.1, 0.15) is 5.69 Å². The number of rotatable bonds is 2. The van der Waals surface area contributed by atoms with Crippen LogP contribution < -0.4 is 5.32 Å². The predicted molar refractivity (Wildman–Crippen MR) is 71.4 cm³/mol. The van der Waals surface area contributed by atoms with Crippen LogP contribution in [0.5, 0.6) is 0 Å². The third-order valence-electron chi connectivity index (χ3n) is 2.09. The molecule has 5 heteroatoms. The number of halogens is 2. The van der Waals surface area contributed by atoms with E-state index in [2.05, 4.69) is 26.2 Å². The third kappa shape index (κ3) is 2.96. The Balaban J connectivity index is 2.25. The summed E-state index contributed by atoms with van der Waals surface area (Å²) in [4.78, 5) is 3.97. The number of hydrogen-bond donors (Lipinski definition) is 1. The molecular formula is C12H7BrClN3. The molecular weight excluding hydrogens is 302 g/mol. The minimum Gasteiger partial charge on any atom is -0.353 e. The van der Waals surface area contributed by atoms with Crippen molar-refractivity contribution >= 4 is 38.9 Å². The number of aromatic nitrogens is 1. The fourth-order valence-electron chi connectivity index (χ4n) is 1.28. The van der Waals surface area contributed by atoms with Crippen LogP contribution >= 0.6 is 27.5 Å². The van der Waals surface area contributed by atoms with Gasteiger partial charge in [0, 0.05) is 4.47 Å². The highest BCUT2D eigenvalue weighted by Gasteiger charge is 2.02. The molecule has 0 unspecified atom stereocenters. The highest BCUT2D eigenvalue weighted by molar-refractivity contribution is 9.10. The average molecular weight is 309 g/mol. The Morgan fingerprint density at radius 1 is 1.29 bits per heavy atom. The van der Waals surface area contributed by atoms with Crippen molar-refractivity contribution in [3.8, 4) is 6.07 Å². The molecule has 1 aromatic heterocycles. The third-order valence-corrected chi connectivity index (χ3v) is 2.91. The van der Waals surface area contributed by atoms with E-state index in [0.717, 1.165) is 15.8 Å². The predicted octanol–water partition coefficient (Wildman–Crippen LogP) is 4.11. The zero-order chi connectivity index (χ0) is 12.3. The summed E-state index contributed by atoms with van der Waals surface area (Å²) in [5, 5.41) is 12.4. The number of pyridine rings is 1. The standard InChI is InChI=1S/C12H7BrClN3/c13-8-1-4-11(14)12(5-8)17-10-3-2-9(6-15)16-7-10/h1-5,7,17H. The maximum Gasteiger partial charge on any atom is 0.140 e. The number of nitriles is 1. The van der Waals surface area contributed by atoms with E-state index in [1.54, 1.807) is 24.4 Å². The second kappa shape index (κ2) is 5.17. The van der Waals surface area contributed by atoms with Gasteiger partial charge < -0.3 is 5.32 Å². The molecule has 84 valence electrons. The van der Waals surface area contributed by atoms with Crippen molar-refractivity contribution in [1.29, 1.82) is 5.26 Å². The lowest BCUT2D eigenvalue weighted by molar-refractivity contribution is 1.26. The molecule has 0 fully saturated rings. The van der Waals surface area contributed by atoms with Gasteiger partial charge in [0.05, 0.1) is 22.6 Å². The normalized spacial score (nSPS) is 9.71. The van der Waals surface area contributed by atoms with Gasteiger partial charge in [0.25, 0.3) is 0 Å². The van der Waals surface area contributed by atoms with Gasteiger partial charge in [-0.2, -0.15) is 5.26 Å². The van der Waals surface area contributed by atoms with Crippen LogP contribution in [0.15, 0.2) is 41.0 Å². The van der Waals surface area contributed by atoms with E-state index in [1.165, 1.54) is 0 Å². The summed E-state index contributed by atoms with van der Waals surface area (Å²) < 4.78 is 0.936. The minimum atomic E-state index is 0.385. The highest BCUT2D eigenvalue weighted by atomic mass is 79.9. The Morgan fingerprint density at radius 2 is 2.12 bits per heavy atom. The first-order valence-electron chi connectivity index (χ1n) is 4.77. The maximum absolute atomic E-state index is 8.64. The van der Waals surface area contributed by atoms with Crippen LogP contribution in [0, 0.1) is 11.3 Å². The zero-order valence-electron chi connectivity index (χ0n) is 8.61. The van der Waals surface area contributed by atoms with Gasteiger partial charge in [0.1, 0.15) is 11.8 Å². The molecule has 0 aliphatic rings. The first kappa shape index (κ1) is 11.9. The van der Waals surface area contributed by atoms with E-state index in [0.29, 0.717) is 10.7 Å². The Labute approximate surface area is 112 Å². The summed E-state index contributed by atoms with van der Waals surface area (Å²) >= 11 is 9.42. The fourth-order valence-corrected chi connectivity index (χ4v) is 1.81. The Hall–Kier alpha value is -1.57. The summed E-state index contributed by atoms with van der Waals surface area (Å²) in [5.74, 6) is 0. The highest BCUT2D eigenvalue weighted by Crippen LogP contribution is 2.28. The van der Waals surface area contributed by atoms with Crippen molar-refractivity contribution < 1.29 is 0 Å². The molecule has 0 saturated heterocycles. The molecule has 1 N–H and O–H groups in total. The average Bonchev–Trinajstić information content (AvgIpc) is 2.35. The number of hydrogen-bond acceptors (Lipinski definition) is 3. The second-order valence-corrected chi connectivity index (χ2v) is 4.62. The fraction of sp³-hybridized carbons (Fsp3) is 0. The van der Waals surface area contributed by atoms with Crippen molar-refractivity contribution in [1.82, 2.24) is 4.98 Å². The molecule has 0 amide bonds. The quantitative estimate of drug-likeness (QED) is 0.908. The van der Waals surface area contributed by atoms with Gasteiger partial charge >= 0.3 is 0 Å². The van der Waals surface area contributed by atoms with E-state index < -0.39 is 0 Å². The SMILES string of the molecule is N#Cc1ccc(Nc2cc(Br)ccc2Cl)cn1. The van der Waals surface area contributed by atoms with Crippen LogP contribution in [-0.2, 0) is 0 Å². The molecule has 0 aliphatic heterocycles. The van der Waals surface area contributed by atoms with Crippen LogP contribution in [0.25, 0.3) is 0 Å². The Morgan fingerprint density at radius 3 is 2.76 bits per heavy atom. The maximum atomic E-state index is 8.64. The van der Waals surface area contributed by atoms with E-state index >= 15 is 0 Å². The summed E-state index contributed by atoms with van der Waals surface area (Å²) in [5.41, 5.74) is 1.95. The van der Waals surface area contributed by atoms with Crippen molar-refractivity contribution in [2.75, 3.05) is 5.32 Å². The summed E-state index contributed by atoms with van der Waals surface area (Å²) in [6.07, 6.45) is 1.59. The molecule has 0 aliphatic carbocycles. The van der Waals surface area contributed by atoms with Gasteiger partial charge in [-0.15, -0.1) is 0 Å². The van der Waals surface area contributed by atoms with Gasteiger partial charge in [-0.25, -0.2) is 4.98 Å². The van der Waals surface area contributed by atoms with Crippen LogP contribution in [0.4, 0.5) is 11.4 Å². The lowest BCUT2D eigenvalue weighted by Gasteiger charge is -2.08. The molecule has 3 nitrogen and oxygen atoms in total. The van der Waals surface area contributed by atoms with Crippen molar-refractivity contribution in [3.05, 3.63) is 51.7 Å². The second-order valence-electron chi connectivity index (χ2n) is 3.29. The van der Waals surface area contributed by atoms with Gasteiger partial charge in [-0.05, 0) is 30.3 Å². The number of nitrogens with zero attached hydrogens (tertiary/aromatic N) is 2. The number of nitrogens with one attached hydrogen (secondary N) is 1. The molecule has 1 aromatic carbocycles. The van der Waals surface area contributed by atoms with Crippen LogP contribution in [0.3, 0.4) is 0 Å². The van der Waals surface area contributed by atoms with Gasteiger partial charge in [0.2, 0.25) is 0 Å². The van der Waals surface area contributed by atoms with Crippen LogP contribution in [-0.4, -0.2) is 4.98 Å². The van der Waals surface area contributed by atoms with Gasteiger partial charge in [0.15, 0.2) is 0 Å². The molecule has 0 bridgehead atoms. The molecule has 0 saturated carbocycles. The molecule has 2 rings (SSSR count). The van der Waals surface area contributed by atoms with E-state index in [1.807, 2.05) is 18.2 Å². The molecule has 1 heterocycles. The van der Waals surface area contributed by atoms with Crippen molar-refractivity contribution in [2.24, 2.45) is 0 Å². The monoisotopic (exact) mass is 307 g/mol. The topological polar surface area (TPSA) is 48.7 Å². The van der Waals surface area contributed by atoms with Gasteiger partial charge in [-0.1, -0.05) is 27.5 Å².